The van der Waals surface area contributed by atoms with Gasteiger partial charge in [-0.1, -0.05) is 156 Å². The van der Waals surface area contributed by atoms with E-state index in [9.17, 15) is 25.9 Å². The number of hydrogen-bond acceptors (Lipinski definition) is 13. The summed E-state index contributed by atoms with van der Waals surface area (Å²) in [5, 5.41) is 0. The zero-order valence-electron chi connectivity index (χ0n) is 36.2. The van der Waals surface area contributed by atoms with Gasteiger partial charge < -0.3 is 32.8 Å². The minimum absolute atomic E-state index is 0. The van der Waals surface area contributed by atoms with Gasteiger partial charge in [0.05, 0.1) is 39.6 Å². The van der Waals surface area contributed by atoms with Crippen molar-refractivity contribution in [2.45, 2.75) is 193 Å². The predicted octanol–water partition coefficient (Wildman–Crippen LogP) is 2.56. The molecule has 0 radical (unpaired) electrons. The van der Waals surface area contributed by atoms with E-state index in [1.807, 2.05) is 0 Å². The molecule has 13 nitrogen and oxygen atoms in total. The van der Waals surface area contributed by atoms with Gasteiger partial charge in [0.25, 0.3) is 0 Å². The maximum atomic E-state index is 11.5. The Bertz CT molecular complexity index is 1010. The molecule has 0 spiro atoms. The molecule has 0 N–H and O–H groups in total. The van der Waals surface area contributed by atoms with E-state index in [-0.39, 0.29) is 98.8 Å². The third-order valence-electron chi connectivity index (χ3n) is 8.97. The normalized spacial score (nSPS) is 13.6. The van der Waals surface area contributed by atoms with Gasteiger partial charge in [-0.25, -0.2) is 16.8 Å². The summed E-state index contributed by atoms with van der Waals surface area (Å²) < 4.78 is 107. The fourth-order valence-electron chi connectivity index (χ4n) is 5.92. The van der Waals surface area contributed by atoms with Gasteiger partial charge in [0.1, 0.15) is 18.3 Å². The maximum Gasteiger partial charge on any atom is 1.00 e. The second kappa shape index (κ2) is 44.6. The molecule has 56 heavy (non-hydrogen) atoms. The Kier molecular flexibility index (Phi) is 49.2. The molecule has 0 heterocycles. The third-order valence-corrected chi connectivity index (χ3v) is 9.99. The molecule has 0 aromatic carbocycles. The van der Waals surface area contributed by atoms with Crippen LogP contribution in [0, 0.1) is 0 Å². The van der Waals surface area contributed by atoms with E-state index in [0.717, 1.165) is 57.8 Å². The molecule has 0 aliphatic heterocycles. The van der Waals surface area contributed by atoms with Crippen LogP contribution in [0.3, 0.4) is 0 Å². The molecule has 0 aromatic heterocycles. The van der Waals surface area contributed by atoms with Gasteiger partial charge in [-0.3, -0.25) is 8.37 Å². The first-order valence-electron chi connectivity index (χ1n) is 21.2. The van der Waals surface area contributed by atoms with E-state index in [0.29, 0.717) is 19.8 Å². The second-order valence-corrected chi connectivity index (χ2v) is 16.4. The molecule has 0 aromatic rings. The first kappa shape index (κ1) is 61.8. The summed E-state index contributed by atoms with van der Waals surface area (Å²) in [4.78, 5) is 0. The summed E-state index contributed by atoms with van der Waals surface area (Å²) in [6.07, 6.45) is 24.1. The van der Waals surface area contributed by atoms with E-state index >= 15 is 0 Å². The Balaban J connectivity index is -0.0000140. The van der Waals surface area contributed by atoms with Crippen LogP contribution >= 0.6 is 0 Å². The van der Waals surface area contributed by atoms with Crippen LogP contribution in [0.25, 0.3) is 0 Å². The van der Waals surface area contributed by atoms with Crippen LogP contribution < -0.4 is 59.1 Å². The molecule has 3 unspecified atom stereocenters. The van der Waals surface area contributed by atoms with Gasteiger partial charge in [0.15, 0.2) is 0 Å². The Morgan fingerprint density at radius 3 is 0.929 bits per heavy atom. The fraction of sp³-hybridized carbons (Fsp3) is 1.00. The average molecular weight is 865 g/mol. The summed E-state index contributed by atoms with van der Waals surface area (Å²) >= 11 is 0. The molecule has 0 fully saturated rings. The van der Waals surface area contributed by atoms with Crippen molar-refractivity contribution in [3.63, 3.8) is 0 Å². The topological polar surface area (TPSA) is 179 Å². The molecule has 0 aliphatic rings. The van der Waals surface area contributed by atoms with E-state index in [1.165, 1.54) is 96.3 Å². The van der Waals surface area contributed by atoms with Crippen molar-refractivity contribution in [1.29, 1.82) is 0 Å². The Morgan fingerprint density at radius 1 is 0.357 bits per heavy atom. The van der Waals surface area contributed by atoms with E-state index < -0.39 is 39.1 Å². The van der Waals surface area contributed by atoms with E-state index in [2.05, 4.69) is 25.0 Å². The maximum absolute atomic E-state index is 11.5. The van der Waals surface area contributed by atoms with Gasteiger partial charge in [-0.15, -0.1) is 0 Å². The molecular weight excluding hydrogens is 787 g/mol. The molecule has 0 amide bonds. The van der Waals surface area contributed by atoms with Crippen LogP contribution in [-0.2, 0) is 52.8 Å². The first-order valence-corrected chi connectivity index (χ1v) is 23.9. The van der Waals surface area contributed by atoms with Crippen molar-refractivity contribution >= 4 is 20.8 Å². The van der Waals surface area contributed by atoms with Crippen LogP contribution in [0.1, 0.15) is 175 Å². The Labute approximate surface area is 387 Å². The van der Waals surface area contributed by atoms with Gasteiger partial charge in [-0.2, -0.15) is 0 Å². The van der Waals surface area contributed by atoms with E-state index in [1.54, 1.807) is 0 Å². The van der Waals surface area contributed by atoms with Gasteiger partial charge >= 0.3 is 59.1 Å². The largest absolute Gasteiger partial charge is 1.00 e. The molecule has 0 rings (SSSR count). The second-order valence-electron chi connectivity index (χ2n) is 14.4. The van der Waals surface area contributed by atoms with Crippen LogP contribution in [0.2, 0.25) is 0 Å². The summed E-state index contributed by atoms with van der Waals surface area (Å²) in [5.74, 6) is 0. The SMILES string of the molecule is CCCCCCCCCCOCC(COCC(COCCCCCCCCCC)OS(=O)(=O)[O-])OCC(COCCCCCCCCCC)OS(=O)(=O)[O-].[Na+].[Na+]. The molecule has 0 saturated carbocycles. The summed E-state index contributed by atoms with van der Waals surface area (Å²) in [5.41, 5.74) is 0. The van der Waals surface area contributed by atoms with E-state index in [4.69, 9.17) is 27.9 Å². The smallest absolute Gasteiger partial charge is 0.726 e. The van der Waals surface area contributed by atoms with Gasteiger partial charge in [0.2, 0.25) is 20.8 Å². The summed E-state index contributed by atoms with van der Waals surface area (Å²) in [6, 6.07) is 0. The molecule has 17 heteroatoms. The predicted molar refractivity (Wildman–Crippen MR) is 210 cm³/mol. The summed E-state index contributed by atoms with van der Waals surface area (Å²) in [6.45, 7) is 6.99. The monoisotopic (exact) mass is 864 g/mol. The standard InChI is InChI=1S/C39H80O13S2.2Na/c1-4-7-10-13-16-19-22-25-28-46-31-37(50-36-39(52-54(43,44)45)34-48-30-27-24-21-18-15-12-9-6-3)32-49-35-38(51-53(40,41)42)33-47-29-26-23-20-17-14-11-8-5-2;;/h37-39H,4-36H2,1-3H3,(H,40,41,42)(H,43,44,45);;/q;2*+1/p-2. The van der Waals surface area contributed by atoms with Crippen LogP contribution in [0.4, 0.5) is 0 Å². The van der Waals surface area contributed by atoms with Crippen LogP contribution in [0.15, 0.2) is 0 Å². The first-order chi connectivity index (χ1) is 26.0. The summed E-state index contributed by atoms with van der Waals surface area (Å²) in [7, 11) is -10.0. The average Bonchev–Trinajstić information content (AvgIpc) is 3.11. The third kappa shape index (κ3) is 48.2. The molecule has 326 valence electrons. The van der Waals surface area contributed by atoms with Crippen LogP contribution in [0.5, 0.6) is 0 Å². The minimum Gasteiger partial charge on any atom is -0.726 e. The fourth-order valence-corrected chi connectivity index (χ4v) is 6.81. The van der Waals surface area contributed by atoms with Crippen molar-refractivity contribution in [3.05, 3.63) is 0 Å². The van der Waals surface area contributed by atoms with Crippen molar-refractivity contribution in [2.75, 3.05) is 59.5 Å². The van der Waals surface area contributed by atoms with Crippen molar-refractivity contribution in [2.24, 2.45) is 0 Å². The van der Waals surface area contributed by atoms with Gasteiger partial charge in [0, 0.05) is 19.8 Å². The number of ether oxygens (including phenoxy) is 5. The number of unbranched alkanes of at least 4 members (excludes halogenated alkanes) is 21. The number of hydrogen-bond donors (Lipinski definition) is 0. The van der Waals surface area contributed by atoms with Crippen molar-refractivity contribution in [1.82, 2.24) is 0 Å². The molecule has 3 atom stereocenters. The van der Waals surface area contributed by atoms with Gasteiger partial charge in [-0.05, 0) is 19.3 Å². The minimum atomic E-state index is -5.03. The molecule has 0 saturated heterocycles. The zero-order valence-corrected chi connectivity index (χ0v) is 41.8. The number of rotatable bonds is 44. The van der Waals surface area contributed by atoms with Crippen molar-refractivity contribution in [3.8, 4) is 0 Å². The molecule has 0 aliphatic carbocycles. The Hall–Kier alpha value is 1.54. The van der Waals surface area contributed by atoms with Crippen molar-refractivity contribution < 1.29 is 117 Å². The quantitative estimate of drug-likeness (QED) is 0.0378. The molecule has 0 bridgehead atoms. The van der Waals surface area contributed by atoms with Crippen LogP contribution in [-0.4, -0.2) is 104 Å². The Morgan fingerprint density at radius 2 is 0.607 bits per heavy atom. The zero-order chi connectivity index (χ0) is 40.0. The molecular formula is C39H78Na2O13S2.